The van der Waals surface area contributed by atoms with E-state index in [-0.39, 0.29) is 11.3 Å². The molecule has 0 fully saturated rings. The maximum Gasteiger partial charge on any atom is 0.335 e. The minimum Gasteiger partial charge on any atom is -0.478 e. The minimum atomic E-state index is -3.83. The van der Waals surface area contributed by atoms with E-state index in [1.165, 1.54) is 57.8 Å². The first-order valence-electron chi connectivity index (χ1n) is 11.5. The van der Waals surface area contributed by atoms with Crippen LogP contribution in [-0.2, 0) is 9.84 Å². The summed E-state index contributed by atoms with van der Waals surface area (Å²) >= 11 is 0. The molecule has 0 saturated heterocycles. The molecule has 0 aliphatic rings. The molecule has 0 saturated carbocycles. The van der Waals surface area contributed by atoms with E-state index >= 15 is 0 Å². The van der Waals surface area contributed by atoms with Crippen LogP contribution < -0.4 is 0 Å². The number of rotatable bonds is 18. The molecule has 0 spiro atoms. The van der Waals surface area contributed by atoms with Gasteiger partial charge in [0.15, 0.2) is 9.84 Å². The number of carbonyl (C=O) groups is 1. The molecule has 0 unspecified atom stereocenters. The summed E-state index contributed by atoms with van der Waals surface area (Å²) in [7, 11) is -3.83. The number of aromatic carboxylic acids is 1. The van der Waals surface area contributed by atoms with Gasteiger partial charge in [-0.3, -0.25) is 10.1 Å². The molecule has 0 radical (unpaired) electrons. The third-order valence-corrected chi connectivity index (χ3v) is 7.35. The molecule has 0 heterocycles. The van der Waals surface area contributed by atoms with E-state index in [0.717, 1.165) is 43.9 Å². The highest BCUT2D eigenvalue weighted by molar-refractivity contribution is 7.91. The summed E-state index contributed by atoms with van der Waals surface area (Å²) in [6.45, 7) is 2.23. The van der Waals surface area contributed by atoms with Crippen LogP contribution in [-0.4, -0.2) is 30.2 Å². The average molecular weight is 456 g/mol. The Morgan fingerprint density at radius 2 is 1.32 bits per heavy atom. The smallest absolute Gasteiger partial charge is 0.335 e. The van der Waals surface area contributed by atoms with Crippen LogP contribution in [0.1, 0.15) is 107 Å². The molecule has 0 amide bonds. The van der Waals surface area contributed by atoms with Gasteiger partial charge in [0.2, 0.25) is 0 Å². The number of hydrogen-bond acceptors (Lipinski definition) is 5. The summed E-state index contributed by atoms with van der Waals surface area (Å²) in [5.41, 5.74) is -0.979. The van der Waals surface area contributed by atoms with Gasteiger partial charge in [0.1, 0.15) is 4.90 Å². The number of nitro groups is 1. The van der Waals surface area contributed by atoms with Crippen LogP contribution in [0.3, 0.4) is 0 Å². The van der Waals surface area contributed by atoms with Crippen molar-refractivity contribution in [2.75, 3.05) is 5.75 Å². The van der Waals surface area contributed by atoms with Crippen LogP contribution in [0.5, 0.6) is 0 Å². The first-order chi connectivity index (χ1) is 14.8. The van der Waals surface area contributed by atoms with Crippen LogP contribution in [0, 0.1) is 10.1 Å². The molecular weight excluding hydrogens is 418 g/mol. The Balaban J connectivity index is 2.25. The molecule has 0 aliphatic heterocycles. The third kappa shape index (κ3) is 10.8. The van der Waals surface area contributed by atoms with Gasteiger partial charge in [-0.2, -0.15) is 0 Å². The van der Waals surface area contributed by atoms with Crippen molar-refractivity contribution in [3.8, 4) is 0 Å². The lowest BCUT2D eigenvalue weighted by Gasteiger charge is -2.07. The summed E-state index contributed by atoms with van der Waals surface area (Å²) in [6.07, 6.45) is 16.2. The molecule has 31 heavy (non-hydrogen) atoms. The lowest BCUT2D eigenvalue weighted by Crippen LogP contribution is -2.10. The molecule has 8 heteroatoms. The highest BCUT2D eigenvalue weighted by Gasteiger charge is 2.26. The number of hydrogen-bond donors (Lipinski definition) is 1. The Labute approximate surface area is 186 Å². The lowest BCUT2D eigenvalue weighted by molar-refractivity contribution is -0.387. The number of carboxylic acids is 1. The zero-order valence-electron chi connectivity index (χ0n) is 18.7. The average Bonchev–Trinajstić information content (AvgIpc) is 2.73. The van der Waals surface area contributed by atoms with E-state index in [1.54, 1.807) is 0 Å². The first-order valence-corrected chi connectivity index (χ1v) is 13.2. The Kier molecular flexibility index (Phi) is 13.1. The fourth-order valence-corrected chi connectivity index (χ4v) is 5.18. The van der Waals surface area contributed by atoms with Crippen molar-refractivity contribution in [1.29, 1.82) is 0 Å². The predicted molar refractivity (Wildman–Crippen MR) is 122 cm³/mol. The van der Waals surface area contributed by atoms with Crippen LogP contribution >= 0.6 is 0 Å². The molecular formula is C23H37NO6S. The summed E-state index contributed by atoms with van der Waals surface area (Å²) in [5.74, 6) is -1.50. The Morgan fingerprint density at radius 1 is 0.871 bits per heavy atom. The van der Waals surface area contributed by atoms with Gasteiger partial charge in [0.25, 0.3) is 5.69 Å². The van der Waals surface area contributed by atoms with Crippen LogP contribution in [0.4, 0.5) is 5.69 Å². The van der Waals surface area contributed by atoms with Gasteiger partial charge in [0, 0.05) is 6.07 Å². The minimum absolute atomic E-state index is 0.168. The zero-order chi connectivity index (χ0) is 23.1. The zero-order valence-corrected chi connectivity index (χ0v) is 19.5. The molecule has 0 bridgehead atoms. The maximum absolute atomic E-state index is 12.5. The highest BCUT2D eigenvalue weighted by Crippen LogP contribution is 2.27. The molecule has 1 aromatic rings. The summed E-state index contributed by atoms with van der Waals surface area (Å²) in [4.78, 5) is 20.9. The van der Waals surface area contributed by atoms with Crippen molar-refractivity contribution in [2.24, 2.45) is 0 Å². The third-order valence-electron chi connectivity index (χ3n) is 5.50. The number of carboxylic acid groups (broad SMARTS) is 1. The predicted octanol–water partition coefficient (Wildman–Crippen LogP) is 6.55. The molecule has 1 N–H and O–H groups in total. The van der Waals surface area contributed by atoms with Crippen LogP contribution in [0.15, 0.2) is 23.1 Å². The van der Waals surface area contributed by atoms with E-state index in [9.17, 15) is 23.3 Å². The van der Waals surface area contributed by atoms with E-state index in [2.05, 4.69) is 6.92 Å². The second-order valence-electron chi connectivity index (χ2n) is 8.16. The van der Waals surface area contributed by atoms with Gasteiger partial charge in [-0.1, -0.05) is 90.4 Å². The van der Waals surface area contributed by atoms with E-state index in [4.69, 9.17) is 5.11 Å². The summed E-state index contributed by atoms with van der Waals surface area (Å²) < 4.78 is 25.0. The van der Waals surface area contributed by atoms with Crippen molar-refractivity contribution in [3.05, 3.63) is 33.9 Å². The van der Waals surface area contributed by atoms with E-state index < -0.39 is 31.3 Å². The quantitative estimate of drug-likeness (QED) is 0.152. The largest absolute Gasteiger partial charge is 0.478 e. The fourth-order valence-electron chi connectivity index (χ4n) is 3.65. The fraction of sp³-hybridized carbons (Fsp3) is 0.696. The van der Waals surface area contributed by atoms with Gasteiger partial charge in [-0.15, -0.1) is 0 Å². The number of sulfone groups is 1. The van der Waals surface area contributed by atoms with Crippen molar-refractivity contribution in [2.45, 2.75) is 102 Å². The second kappa shape index (κ2) is 14.9. The van der Waals surface area contributed by atoms with E-state index in [1.807, 2.05) is 0 Å². The topological polar surface area (TPSA) is 115 Å². The van der Waals surface area contributed by atoms with Crippen molar-refractivity contribution < 1.29 is 23.2 Å². The number of unbranched alkanes of at least 4 members (excludes halogenated alkanes) is 13. The molecule has 0 aromatic heterocycles. The van der Waals surface area contributed by atoms with Gasteiger partial charge < -0.3 is 5.11 Å². The standard InChI is InChI=1S/C23H37NO6S/c1-2-3-4-5-6-7-8-9-10-11-12-13-14-15-18-31(29,30)22-17-16-20(23(25)26)19-21(22)24(27)28/h16-17,19H,2-15,18H2,1H3,(H,25,26). The van der Waals surface area contributed by atoms with Gasteiger partial charge >= 0.3 is 5.97 Å². The van der Waals surface area contributed by atoms with E-state index in [0.29, 0.717) is 6.42 Å². The van der Waals surface area contributed by atoms with Gasteiger partial charge in [0.05, 0.1) is 16.2 Å². The molecule has 1 rings (SSSR count). The normalized spacial score (nSPS) is 11.5. The number of nitro benzene ring substituents is 1. The first kappa shape index (κ1) is 27.1. The molecule has 7 nitrogen and oxygen atoms in total. The maximum atomic E-state index is 12.5. The SMILES string of the molecule is CCCCCCCCCCCCCCCCS(=O)(=O)c1ccc(C(=O)O)cc1[N+](=O)[O-]. The Hall–Kier alpha value is -1.96. The van der Waals surface area contributed by atoms with Crippen molar-refractivity contribution >= 4 is 21.5 Å². The number of benzene rings is 1. The number of nitrogens with zero attached hydrogens (tertiary/aromatic N) is 1. The Morgan fingerprint density at radius 3 is 1.74 bits per heavy atom. The van der Waals surface area contributed by atoms with Gasteiger partial charge in [-0.25, -0.2) is 13.2 Å². The molecule has 0 aliphatic carbocycles. The monoisotopic (exact) mass is 455 g/mol. The molecule has 176 valence electrons. The van der Waals surface area contributed by atoms with Crippen molar-refractivity contribution in [3.63, 3.8) is 0 Å². The molecule has 1 aromatic carbocycles. The van der Waals surface area contributed by atoms with Crippen LogP contribution in [0.2, 0.25) is 0 Å². The van der Waals surface area contributed by atoms with Crippen LogP contribution in [0.25, 0.3) is 0 Å². The van der Waals surface area contributed by atoms with Crippen molar-refractivity contribution in [1.82, 2.24) is 0 Å². The second-order valence-corrected chi connectivity index (χ2v) is 10.2. The summed E-state index contributed by atoms with van der Waals surface area (Å²) in [5, 5.41) is 20.1. The van der Waals surface area contributed by atoms with Gasteiger partial charge in [-0.05, 0) is 18.6 Å². The highest BCUT2D eigenvalue weighted by atomic mass is 32.2. The Bertz CT molecular complexity index is 791. The molecule has 0 atom stereocenters. The lowest BCUT2D eigenvalue weighted by atomic mass is 10.0. The summed E-state index contributed by atoms with van der Waals surface area (Å²) in [6, 6.07) is 2.93.